The summed E-state index contributed by atoms with van der Waals surface area (Å²) >= 11 is 1.78. The van der Waals surface area contributed by atoms with Crippen LogP contribution in [0.3, 0.4) is 0 Å². The molecule has 1 N–H and O–H groups in total. The summed E-state index contributed by atoms with van der Waals surface area (Å²) in [5.41, 5.74) is 0.901. The van der Waals surface area contributed by atoms with Gasteiger partial charge in [0.2, 0.25) is 5.91 Å². The molecule has 0 spiro atoms. The molecule has 0 bridgehead atoms. The first-order valence-electron chi connectivity index (χ1n) is 9.50. The molecule has 0 radical (unpaired) electrons. The summed E-state index contributed by atoms with van der Waals surface area (Å²) in [6.45, 7) is 1.38. The third-order valence-electron chi connectivity index (χ3n) is 4.74. The van der Waals surface area contributed by atoms with Crippen LogP contribution < -0.4 is 5.32 Å². The van der Waals surface area contributed by atoms with Crippen molar-refractivity contribution >= 4 is 27.5 Å². The fourth-order valence-electron chi connectivity index (χ4n) is 3.24. The molecule has 1 aliphatic rings. The fraction of sp³-hybridized carbons (Fsp3) is 0.381. The molecular formula is C21H26N2O3S2. The predicted octanol–water partition coefficient (Wildman–Crippen LogP) is 2.76. The monoisotopic (exact) mass is 418 g/mol. The van der Waals surface area contributed by atoms with Crippen LogP contribution in [0.15, 0.2) is 65.6 Å². The van der Waals surface area contributed by atoms with Crippen molar-refractivity contribution in [3.05, 3.63) is 66.2 Å². The van der Waals surface area contributed by atoms with Gasteiger partial charge in [-0.15, -0.1) is 11.8 Å². The van der Waals surface area contributed by atoms with Gasteiger partial charge in [-0.1, -0.05) is 48.5 Å². The van der Waals surface area contributed by atoms with Crippen LogP contribution in [0.2, 0.25) is 0 Å². The maximum atomic E-state index is 12.9. The summed E-state index contributed by atoms with van der Waals surface area (Å²) in [6, 6.07) is 19.4. The minimum absolute atomic E-state index is 0.0600. The van der Waals surface area contributed by atoms with E-state index in [4.69, 9.17) is 0 Å². The standard InChI is InChI=1S/C21H26N2O3S2/c24-21(22-12-7-15-27-19-10-5-2-6-11-19)20(18-8-3-1-4-9-18)23-13-16-28(25,26)17-14-23/h1-6,8-11,20H,7,12-17H2,(H,22,24). The maximum Gasteiger partial charge on any atom is 0.241 e. The van der Waals surface area contributed by atoms with Crippen LogP contribution in [0.5, 0.6) is 0 Å². The zero-order valence-electron chi connectivity index (χ0n) is 15.8. The number of hydrogen-bond acceptors (Lipinski definition) is 5. The van der Waals surface area contributed by atoms with Crippen LogP contribution in [-0.4, -0.2) is 56.1 Å². The average molecular weight is 419 g/mol. The smallest absolute Gasteiger partial charge is 0.241 e. The Kier molecular flexibility index (Phi) is 7.53. The van der Waals surface area contributed by atoms with Gasteiger partial charge in [-0.2, -0.15) is 0 Å². The molecule has 5 nitrogen and oxygen atoms in total. The van der Waals surface area contributed by atoms with Gasteiger partial charge < -0.3 is 5.32 Å². The van der Waals surface area contributed by atoms with Crippen LogP contribution in [0.25, 0.3) is 0 Å². The first kappa shape index (κ1) is 20.9. The third-order valence-corrected chi connectivity index (χ3v) is 7.45. The zero-order valence-corrected chi connectivity index (χ0v) is 17.4. The van der Waals surface area contributed by atoms with E-state index >= 15 is 0 Å². The van der Waals surface area contributed by atoms with E-state index in [1.807, 2.05) is 53.4 Å². The second-order valence-corrected chi connectivity index (χ2v) is 10.3. The minimum atomic E-state index is -2.98. The molecule has 1 aliphatic heterocycles. The Labute approximate surface area is 171 Å². The number of nitrogens with zero attached hydrogens (tertiary/aromatic N) is 1. The number of carbonyl (C=O) groups is 1. The van der Waals surface area contributed by atoms with Gasteiger partial charge >= 0.3 is 0 Å². The van der Waals surface area contributed by atoms with E-state index in [1.165, 1.54) is 4.90 Å². The van der Waals surface area contributed by atoms with Gasteiger partial charge in [-0.25, -0.2) is 8.42 Å². The Hall–Kier alpha value is -1.83. The summed E-state index contributed by atoms with van der Waals surface area (Å²) in [7, 11) is -2.98. The summed E-state index contributed by atoms with van der Waals surface area (Å²) < 4.78 is 23.5. The SMILES string of the molecule is O=C(NCCCSc1ccccc1)C(c1ccccc1)N1CCS(=O)(=O)CC1. The normalized spacial score (nSPS) is 17.7. The van der Waals surface area contributed by atoms with Crippen molar-refractivity contribution < 1.29 is 13.2 Å². The highest BCUT2D eigenvalue weighted by atomic mass is 32.2. The van der Waals surface area contributed by atoms with Crippen molar-refractivity contribution in [1.29, 1.82) is 0 Å². The fourth-order valence-corrected chi connectivity index (χ4v) is 5.34. The summed E-state index contributed by atoms with van der Waals surface area (Å²) in [5.74, 6) is 1.09. The van der Waals surface area contributed by atoms with Crippen LogP contribution >= 0.6 is 11.8 Å². The van der Waals surface area contributed by atoms with Crippen molar-refractivity contribution in [2.75, 3.05) is 36.9 Å². The highest BCUT2D eigenvalue weighted by Gasteiger charge is 2.32. The van der Waals surface area contributed by atoms with E-state index in [1.54, 1.807) is 11.8 Å². The van der Waals surface area contributed by atoms with Crippen LogP contribution in [-0.2, 0) is 14.6 Å². The molecule has 1 unspecified atom stereocenters. The topological polar surface area (TPSA) is 66.5 Å². The molecule has 1 fully saturated rings. The van der Waals surface area contributed by atoms with E-state index in [2.05, 4.69) is 17.4 Å². The van der Waals surface area contributed by atoms with Crippen molar-refractivity contribution in [2.45, 2.75) is 17.4 Å². The Morgan fingerprint density at radius 2 is 1.61 bits per heavy atom. The quantitative estimate of drug-likeness (QED) is 0.527. The Bertz CT molecular complexity index is 844. The zero-order chi connectivity index (χ0) is 19.8. The van der Waals surface area contributed by atoms with E-state index in [0.717, 1.165) is 17.7 Å². The summed E-state index contributed by atoms with van der Waals surface area (Å²) in [4.78, 5) is 16.1. The van der Waals surface area contributed by atoms with E-state index < -0.39 is 15.9 Å². The molecule has 0 aliphatic carbocycles. The molecule has 3 rings (SSSR count). The number of sulfone groups is 1. The molecule has 1 heterocycles. The summed E-state index contributed by atoms with van der Waals surface area (Å²) in [5, 5.41) is 3.04. The van der Waals surface area contributed by atoms with Gasteiger partial charge in [0.05, 0.1) is 11.5 Å². The Morgan fingerprint density at radius 3 is 2.25 bits per heavy atom. The average Bonchev–Trinajstić information content (AvgIpc) is 2.71. The van der Waals surface area contributed by atoms with Crippen LogP contribution in [0, 0.1) is 0 Å². The number of amides is 1. The molecule has 1 saturated heterocycles. The number of hydrogen-bond donors (Lipinski definition) is 1. The van der Waals surface area contributed by atoms with Crippen molar-refractivity contribution in [3.8, 4) is 0 Å². The molecule has 0 aromatic heterocycles. The molecule has 28 heavy (non-hydrogen) atoms. The molecule has 7 heteroatoms. The minimum Gasteiger partial charge on any atom is -0.354 e. The molecule has 1 amide bonds. The summed E-state index contributed by atoms with van der Waals surface area (Å²) in [6.07, 6.45) is 0.876. The number of thioether (sulfide) groups is 1. The number of nitrogens with one attached hydrogen (secondary N) is 1. The van der Waals surface area contributed by atoms with Crippen LogP contribution in [0.4, 0.5) is 0 Å². The molecule has 150 valence electrons. The van der Waals surface area contributed by atoms with E-state index in [-0.39, 0.29) is 17.4 Å². The van der Waals surface area contributed by atoms with Gasteiger partial charge in [0, 0.05) is 24.5 Å². The number of benzene rings is 2. The Morgan fingerprint density at radius 1 is 1.00 bits per heavy atom. The van der Waals surface area contributed by atoms with Gasteiger partial charge in [0.1, 0.15) is 6.04 Å². The lowest BCUT2D eigenvalue weighted by Crippen LogP contribution is -2.47. The molecule has 2 aromatic carbocycles. The highest BCUT2D eigenvalue weighted by molar-refractivity contribution is 7.99. The first-order chi connectivity index (χ1) is 13.6. The van der Waals surface area contributed by atoms with E-state index in [0.29, 0.717) is 19.6 Å². The molecule has 1 atom stereocenters. The predicted molar refractivity (Wildman–Crippen MR) is 114 cm³/mol. The lowest BCUT2D eigenvalue weighted by atomic mass is 10.0. The highest BCUT2D eigenvalue weighted by Crippen LogP contribution is 2.23. The lowest BCUT2D eigenvalue weighted by Gasteiger charge is -2.33. The number of carbonyl (C=O) groups excluding carboxylic acids is 1. The first-order valence-corrected chi connectivity index (χ1v) is 12.3. The Balaban J connectivity index is 1.55. The third kappa shape index (κ3) is 6.09. The van der Waals surface area contributed by atoms with Crippen LogP contribution in [0.1, 0.15) is 18.0 Å². The van der Waals surface area contributed by atoms with Crippen molar-refractivity contribution in [2.24, 2.45) is 0 Å². The van der Waals surface area contributed by atoms with Gasteiger partial charge in [-0.3, -0.25) is 9.69 Å². The van der Waals surface area contributed by atoms with Gasteiger partial charge in [0.15, 0.2) is 9.84 Å². The lowest BCUT2D eigenvalue weighted by molar-refractivity contribution is -0.126. The second-order valence-electron chi connectivity index (χ2n) is 6.81. The second kappa shape index (κ2) is 10.1. The van der Waals surface area contributed by atoms with Gasteiger partial charge in [0.25, 0.3) is 0 Å². The van der Waals surface area contributed by atoms with Gasteiger partial charge in [-0.05, 0) is 29.9 Å². The van der Waals surface area contributed by atoms with E-state index in [9.17, 15) is 13.2 Å². The van der Waals surface area contributed by atoms with Crippen molar-refractivity contribution in [3.63, 3.8) is 0 Å². The molecular weight excluding hydrogens is 392 g/mol. The largest absolute Gasteiger partial charge is 0.354 e. The maximum absolute atomic E-state index is 12.9. The molecule has 2 aromatic rings. The number of rotatable bonds is 8. The van der Waals surface area contributed by atoms with Crippen molar-refractivity contribution in [1.82, 2.24) is 10.2 Å². The molecule has 0 saturated carbocycles.